The van der Waals surface area contributed by atoms with Crippen LogP contribution in [0.25, 0.3) is 11.1 Å². The third-order valence-electron chi connectivity index (χ3n) is 5.73. The van der Waals surface area contributed by atoms with Crippen molar-refractivity contribution in [3.63, 3.8) is 0 Å². The molecule has 0 radical (unpaired) electrons. The summed E-state index contributed by atoms with van der Waals surface area (Å²) < 4.78 is 0. The lowest BCUT2D eigenvalue weighted by Gasteiger charge is -2.36. The molecule has 0 aliphatic rings. The Bertz CT molecular complexity index is 787. The highest BCUT2D eigenvalue weighted by molar-refractivity contribution is 5.82. The summed E-state index contributed by atoms with van der Waals surface area (Å²) in [6, 6.07) is 7.71. The van der Waals surface area contributed by atoms with Gasteiger partial charge in [-0.05, 0) is 79.3 Å². The highest BCUT2D eigenvalue weighted by Crippen LogP contribution is 2.50. The second-order valence-electron chi connectivity index (χ2n) is 12.8. The van der Waals surface area contributed by atoms with Crippen molar-refractivity contribution in [3.8, 4) is 22.6 Å². The quantitative estimate of drug-likeness (QED) is 0.500. The SMILES string of the molecule is CC(C)(C)c1cc(O)cc(C(C)(C)C)c1-c1c(C(C)(C)C)cc(O)cc1C(C)(C)C. The standard InChI is InChI=1S/C28H42O2/c1-25(2,3)19-13-17(29)14-20(26(4,5)6)23(19)24-21(27(7,8)9)15-18(30)16-22(24)28(10,11)12/h13-16,29-30H,1-12H3. The summed E-state index contributed by atoms with van der Waals surface area (Å²) in [5, 5.41) is 21.3. The van der Waals surface area contributed by atoms with Gasteiger partial charge in [0.15, 0.2) is 0 Å². The summed E-state index contributed by atoms with van der Waals surface area (Å²) in [7, 11) is 0. The lowest BCUT2D eigenvalue weighted by Crippen LogP contribution is -2.24. The van der Waals surface area contributed by atoms with Crippen LogP contribution in [0.5, 0.6) is 11.5 Å². The molecular formula is C28H42O2. The Morgan fingerprint density at radius 3 is 0.700 bits per heavy atom. The molecule has 0 saturated heterocycles. The first-order valence-electron chi connectivity index (χ1n) is 11.0. The van der Waals surface area contributed by atoms with Crippen molar-refractivity contribution in [2.75, 3.05) is 0 Å². The van der Waals surface area contributed by atoms with E-state index in [4.69, 9.17) is 0 Å². The third-order valence-corrected chi connectivity index (χ3v) is 5.73. The number of aromatic hydroxyl groups is 2. The molecule has 0 saturated carbocycles. The second kappa shape index (κ2) is 7.32. The van der Waals surface area contributed by atoms with Gasteiger partial charge in [0.25, 0.3) is 0 Å². The molecule has 2 heteroatoms. The van der Waals surface area contributed by atoms with E-state index in [1.54, 1.807) is 0 Å². The Morgan fingerprint density at radius 2 is 0.567 bits per heavy atom. The molecule has 0 aliphatic carbocycles. The van der Waals surface area contributed by atoms with Gasteiger partial charge in [0.05, 0.1) is 0 Å². The van der Waals surface area contributed by atoms with Crippen LogP contribution in [0.15, 0.2) is 24.3 Å². The fourth-order valence-corrected chi connectivity index (χ4v) is 4.16. The van der Waals surface area contributed by atoms with Crippen molar-refractivity contribution in [2.45, 2.75) is 105 Å². The predicted octanol–water partition coefficient (Wildman–Crippen LogP) is 7.95. The van der Waals surface area contributed by atoms with Crippen LogP contribution in [0.4, 0.5) is 0 Å². The normalized spacial score (nSPS) is 13.6. The molecular weight excluding hydrogens is 368 g/mol. The topological polar surface area (TPSA) is 40.5 Å². The van der Waals surface area contributed by atoms with Crippen LogP contribution in [0.1, 0.15) is 105 Å². The van der Waals surface area contributed by atoms with Gasteiger partial charge in [-0.25, -0.2) is 0 Å². The van der Waals surface area contributed by atoms with Crippen molar-refractivity contribution in [2.24, 2.45) is 0 Å². The number of phenolic OH excluding ortho intramolecular Hbond substituents is 2. The summed E-state index contributed by atoms with van der Waals surface area (Å²) in [6.07, 6.45) is 0. The van der Waals surface area contributed by atoms with E-state index in [0.29, 0.717) is 11.5 Å². The molecule has 2 N–H and O–H groups in total. The van der Waals surface area contributed by atoms with E-state index >= 15 is 0 Å². The number of benzene rings is 2. The van der Waals surface area contributed by atoms with Crippen molar-refractivity contribution >= 4 is 0 Å². The first kappa shape index (κ1) is 24.3. The van der Waals surface area contributed by atoms with Gasteiger partial charge < -0.3 is 10.2 Å². The zero-order valence-electron chi connectivity index (χ0n) is 21.2. The number of phenols is 2. The predicted molar refractivity (Wildman–Crippen MR) is 130 cm³/mol. The maximum absolute atomic E-state index is 10.7. The summed E-state index contributed by atoms with van der Waals surface area (Å²) in [6.45, 7) is 26.4. The van der Waals surface area contributed by atoms with Gasteiger partial charge >= 0.3 is 0 Å². The van der Waals surface area contributed by atoms with E-state index in [1.807, 2.05) is 24.3 Å². The van der Waals surface area contributed by atoms with Gasteiger partial charge in [-0.3, -0.25) is 0 Å². The molecule has 166 valence electrons. The van der Waals surface area contributed by atoms with E-state index < -0.39 is 0 Å². The van der Waals surface area contributed by atoms with E-state index in [9.17, 15) is 10.2 Å². The molecule has 0 aliphatic heterocycles. The molecule has 2 nitrogen and oxygen atoms in total. The minimum absolute atomic E-state index is 0.156. The molecule has 0 spiro atoms. The molecule has 0 unspecified atom stereocenters. The van der Waals surface area contributed by atoms with Crippen molar-refractivity contribution in [3.05, 3.63) is 46.5 Å². The molecule has 2 rings (SSSR count). The highest BCUT2D eigenvalue weighted by Gasteiger charge is 2.34. The molecule has 0 fully saturated rings. The molecule has 0 aromatic heterocycles. The largest absolute Gasteiger partial charge is 0.508 e. The zero-order valence-corrected chi connectivity index (χ0v) is 21.2. The second-order valence-corrected chi connectivity index (χ2v) is 12.8. The molecule has 0 bridgehead atoms. The third kappa shape index (κ3) is 4.85. The highest BCUT2D eigenvalue weighted by atomic mass is 16.3. The Hall–Kier alpha value is -1.96. The monoisotopic (exact) mass is 410 g/mol. The van der Waals surface area contributed by atoms with Gasteiger partial charge in [0, 0.05) is 0 Å². The Morgan fingerprint density at radius 1 is 0.400 bits per heavy atom. The van der Waals surface area contributed by atoms with E-state index in [0.717, 1.165) is 22.3 Å². The van der Waals surface area contributed by atoms with Gasteiger partial charge in [-0.2, -0.15) is 0 Å². The molecule has 0 atom stereocenters. The van der Waals surface area contributed by atoms with Crippen LogP contribution in [0.3, 0.4) is 0 Å². The molecule has 2 aromatic rings. The first-order valence-corrected chi connectivity index (χ1v) is 11.0. The average molecular weight is 411 g/mol. The maximum Gasteiger partial charge on any atom is 0.116 e. The van der Waals surface area contributed by atoms with Crippen molar-refractivity contribution in [1.29, 1.82) is 0 Å². The number of hydrogen-bond acceptors (Lipinski definition) is 2. The summed E-state index contributed by atoms with van der Waals surface area (Å²) >= 11 is 0. The van der Waals surface area contributed by atoms with E-state index in [2.05, 4.69) is 83.1 Å². The zero-order chi connectivity index (χ0) is 23.4. The van der Waals surface area contributed by atoms with Crippen LogP contribution in [0, 0.1) is 0 Å². The van der Waals surface area contributed by atoms with Crippen LogP contribution in [-0.4, -0.2) is 10.2 Å². The Labute approximate surface area is 184 Å². The van der Waals surface area contributed by atoms with Crippen molar-refractivity contribution in [1.82, 2.24) is 0 Å². The lowest BCUT2D eigenvalue weighted by molar-refractivity contribution is 0.464. The van der Waals surface area contributed by atoms with Gasteiger partial charge in [-0.1, -0.05) is 83.1 Å². The minimum Gasteiger partial charge on any atom is -0.508 e. The number of hydrogen-bond donors (Lipinski definition) is 2. The van der Waals surface area contributed by atoms with Crippen LogP contribution >= 0.6 is 0 Å². The average Bonchev–Trinajstić information content (AvgIpc) is 2.50. The smallest absolute Gasteiger partial charge is 0.116 e. The molecule has 0 amide bonds. The van der Waals surface area contributed by atoms with Gasteiger partial charge in [0.1, 0.15) is 11.5 Å². The van der Waals surface area contributed by atoms with Gasteiger partial charge in [-0.15, -0.1) is 0 Å². The molecule has 30 heavy (non-hydrogen) atoms. The summed E-state index contributed by atoms with van der Waals surface area (Å²) in [5.41, 5.74) is 6.30. The van der Waals surface area contributed by atoms with Gasteiger partial charge in [0.2, 0.25) is 0 Å². The van der Waals surface area contributed by atoms with E-state index in [-0.39, 0.29) is 21.7 Å². The number of rotatable bonds is 1. The van der Waals surface area contributed by atoms with Crippen LogP contribution in [-0.2, 0) is 21.7 Å². The minimum atomic E-state index is -0.156. The van der Waals surface area contributed by atoms with Crippen molar-refractivity contribution < 1.29 is 10.2 Å². The molecule has 2 aromatic carbocycles. The van der Waals surface area contributed by atoms with E-state index in [1.165, 1.54) is 11.1 Å². The fourth-order valence-electron chi connectivity index (χ4n) is 4.16. The fraction of sp³-hybridized carbons (Fsp3) is 0.571. The summed E-state index contributed by atoms with van der Waals surface area (Å²) in [5.74, 6) is 0.615. The Balaban J connectivity index is 3.26. The Kier molecular flexibility index (Phi) is 5.93. The lowest BCUT2D eigenvalue weighted by atomic mass is 9.68. The van der Waals surface area contributed by atoms with Crippen LogP contribution in [0.2, 0.25) is 0 Å². The first-order chi connectivity index (χ1) is 13.2. The van der Waals surface area contributed by atoms with Crippen LogP contribution < -0.4 is 0 Å². The molecule has 0 heterocycles. The summed E-state index contributed by atoms with van der Waals surface area (Å²) in [4.78, 5) is 0. The maximum atomic E-state index is 10.7.